The zero-order valence-electron chi connectivity index (χ0n) is 8.27. The highest BCUT2D eigenvalue weighted by molar-refractivity contribution is 5.96. The van der Waals surface area contributed by atoms with E-state index in [1.165, 1.54) is 0 Å². The van der Waals surface area contributed by atoms with Crippen LogP contribution in [0.5, 0.6) is 5.75 Å². The molecule has 0 aliphatic carbocycles. The van der Waals surface area contributed by atoms with Crippen molar-refractivity contribution < 1.29 is 27.1 Å². The lowest BCUT2D eigenvalue weighted by atomic mass is 10.1. The van der Waals surface area contributed by atoms with E-state index in [2.05, 4.69) is 4.74 Å². The van der Waals surface area contributed by atoms with Crippen LogP contribution in [0, 0.1) is 5.82 Å². The number of ketones is 1. The van der Waals surface area contributed by atoms with Crippen LogP contribution in [0.2, 0.25) is 0 Å². The largest absolute Gasteiger partial charge is 0.483 e. The molecular weight excluding hydrogens is 228 g/mol. The molecule has 0 atom stereocenters. The van der Waals surface area contributed by atoms with Gasteiger partial charge in [-0.2, -0.15) is 13.2 Å². The predicted octanol–water partition coefficient (Wildman–Crippen LogP) is 2.97. The quantitative estimate of drug-likeness (QED) is 0.595. The number of alkyl halides is 3. The second-order valence-corrected chi connectivity index (χ2v) is 3.10. The van der Waals surface area contributed by atoms with Crippen LogP contribution in [0.15, 0.2) is 18.2 Å². The fourth-order valence-electron chi connectivity index (χ4n) is 1.07. The molecule has 0 bridgehead atoms. The van der Waals surface area contributed by atoms with Gasteiger partial charge in [-0.3, -0.25) is 4.79 Å². The highest BCUT2D eigenvalue weighted by Crippen LogP contribution is 2.23. The van der Waals surface area contributed by atoms with Gasteiger partial charge in [0.1, 0.15) is 11.6 Å². The van der Waals surface area contributed by atoms with Gasteiger partial charge in [0.05, 0.1) is 5.56 Å². The number of carbonyl (C=O) groups is 1. The normalized spacial score (nSPS) is 11.3. The Bertz CT molecular complexity index is 398. The first-order chi connectivity index (χ1) is 7.29. The van der Waals surface area contributed by atoms with E-state index in [-0.39, 0.29) is 5.56 Å². The van der Waals surface area contributed by atoms with E-state index in [9.17, 15) is 22.4 Å². The molecule has 16 heavy (non-hydrogen) atoms. The first-order valence-electron chi connectivity index (χ1n) is 4.29. The summed E-state index contributed by atoms with van der Waals surface area (Å²) in [5.74, 6) is -1.65. The monoisotopic (exact) mass is 236 g/mol. The van der Waals surface area contributed by atoms with Gasteiger partial charge in [-0.1, -0.05) is 0 Å². The van der Waals surface area contributed by atoms with E-state index in [0.717, 1.165) is 25.1 Å². The van der Waals surface area contributed by atoms with Gasteiger partial charge in [0.2, 0.25) is 0 Å². The molecule has 0 aliphatic rings. The third-order valence-corrected chi connectivity index (χ3v) is 1.71. The maximum atomic E-state index is 12.8. The zero-order valence-corrected chi connectivity index (χ0v) is 8.27. The zero-order chi connectivity index (χ0) is 12.3. The summed E-state index contributed by atoms with van der Waals surface area (Å²) < 4.78 is 52.7. The summed E-state index contributed by atoms with van der Waals surface area (Å²) in [5, 5.41) is 0. The highest BCUT2D eigenvalue weighted by atomic mass is 19.4. The molecule has 0 aromatic heterocycles. The number of hydrogen-bond acceptors (Lipinski definition) is 2. The van der Waals surface area contributed by atoms with E-state index in [0.29, 0.717) is 0 Å². The lowest BCUT2D eigenvalue weighted by Crippen LogP contribution is -2.20. The van der Waals surface area contributed by atoms with Crippen molar-refractivity contribution in [1.82, 2.24) is 0 Å². The third-order valence-electron chi connectivity index (χ3n) is 1.71. The second-order valence-electron chi connectivity index (χ2n) is 3.10. The first kappa shape index (κ1) is 12.5. The molecule has 1 aromatic carbocycles. The number of hydrogen-bond donors (Lipinski definition) is 0. The summed E-state index contributed by atoms with van der Waals surface area (Å²) in [6, 6.07) is 2.82. The molecule has 0 N–H and O–H groups in total. The van der Waals surface area contributed by atoms with Gasteiger partial charge < -0.3 is 4.74 Å². The summed E-state index contributed by atoms with van der Waals surface area (Å²) in [5.41, 5.74) is -0.0781. The van der Waals surface area contributed by atoms with Crippen molar-refractivity contribution in [2.75, 3.05) is 6.61 Å². The maximum Gasteiger partial charge on any atom is 0.422 e. The van der Waals surface area contributed by atoms with Crippen LogP contribution in [0.3, 0.4) is 0 Å². The number of halogens is 4. The molecule has 0 unspecified atom stereocenters. The van der Waals surface area contributed by atoms with Gasteiger partial charge >= 0.3 is 6.18 Å². The lowest BCUT2D eigenvalue weighted by molar-refractivity contribution is -0.153. The molecule has 0 heterocycles. The van der Waals surface area contributed by atoms with Gasteiger partial charge in [0.25, 0.3) is 0 Å². The molecule has 0 radical (unpaired) electrons. The summed E-state index contributed by atoms with van der Waals surface area (Å²) in [4.78, 5) is 11.0. The van der Waals surface area contributed by atoms with Crippen LogP contribution < -0.4 is 4.74 Å². The Hall–Kier alpha value is -1.59. The van der Waals surface area contributed by atoms with Crippen LogP contribution in [0.4, 0.5) is 17.6 Å². The van der Waals surface area contributed by atoms with E-state index in [4.69, 9.17) is 0 Å². The first-order valence-corrected chi connectivity index (χ1v) is 4.29. The van der Waals surface area contributed by atoms with Crippen molar-refractivity contribution in [2.45, 2.75) is 13.1 Å². The molecule has 0 aliphatic heterocycles. The van der Waals surface area contributed by atoms with Crippen molar-refractivity contribution in [3.63, 3.8) is 0 Å². The van der Waals surface area contributed by atoms with Crippen molar-refractivity contribution in [2.24, 2.45) is 0 Å². The number of carbonyl (C=O) groups excluding carboxylic acids is 1. The standard InChI is InChI=1S/C10H8F4O2/c1-6(15)8-3-2-7(11)4-9(8)16-5-10(12,13)14/h2-4H,5H2,1H3. The molecule has 0 amide bonds. The van der Waals surface area contributed by atoms with Crippen LogP contribution >= 0.6 is 0 Å². The second kappa shape index (κ2) is 4.51. The molecule has 1 rings (SSSR count). The highest BCUT2D eigenvalue weighted by Gasteiger charge is 2.29. The van der Waals surface area contributed by atoms with E-state index in [1.807, 2.05) is 0 Å². The van der Waals surface area contributed by atoms with E-state index >= 15 is 0 Å². The van der Waals surface area contributed by atoms with Crippen LogP contribution in [0.25, 0.3) is 0 Å². The smallest absolute Gasteiger partial charge is 0.422 e. The summed E-state index contributed by atoms with van der Waals surface area (Å²) in [6.07, 6.45) is -4.53. The Balaban J connectivity index is 2.93. The number of rotatable bonds is 3. The molecule has 2 nitrogen and oxygen atoms in total. The number of Topliss-reactive ketones (excluding diaryl/α,β-unsaturated/α-hetero) is 1. The molecular formula is C10H8F4O2. The van der Waals surface area contributed by atoms with Crippen LogP contribution in [-0.2, 0) is 0 Å². The Morgan fingerprint density at radius 1 is 1.38 bits per heavy atom. The molecule has 0 fully saturated rings. The molecule has 6 heteroatoms. The summed E-state index contributed by atoms with van der Waals surface area (Å²) in [6.45, 7) is -0.398. The van der Waals surface area contributed by atoms with Gasteiger partial charge in [0, 0.05) is 6.07 Å². The minimum absolute atomic E-state index is 0.0781. The lowest BCUT2D eigenvalue weighted by Gasteiger charge is -2.11. The maximum absolute atomic E-state index is 12.8. The van der Waals surface area contributed by atoms with Gasteiger partial charge in [-0.15, -0.1) is 0 Å². The Morgan fingerprint density at radius 2 is 2.00 bits per heavy atom. The number of ether oxygens (including phenoxy) is 1. The molecule has 1 aromatic rings. The average Bonchev–Trinajstić information content (AvgIpc) is 2.13. The fraction of sp³-hybridized carbons (Fsp3) is 0.300. The van der Waals surface area contributed by atoms with Crippen molar-refractivity contribution in [1.29, 1.82) is 0 Å². The van der Waals surface area contributed by atoms with Crippen molar-refractivity contribution in [3.8, 4) is 5.75 Å². The molecule has 88 valence electrons. The molecule has 0 saturated carbocycles. The predicted molar refractivity (Wildman–Crippen MR) is 48.0 cm³/mol. The van der Waals surface area contributed by atoms with Gasteiger partial charge in [-0.25, -0.2) is 4.39 Å². The van der Waals surface area contributed by atoms with Crippen molar-refractivity contribution >= 4 is 5.78 Å². The average molecular weight is 236 g/mol. The SMILES string of the molecule is CC(=O)c1ccc(F)cc1OCC(F)(F)F. The van der Waals surface area contributed by atoms with Gasteiger partial charge in [0.15, 0.2) is 12.4 Å². The molecule has 0 saturated heterocycles. The minimum atomic E-state index is -4.53. The molecule has 0 spiro atoms. The van der Waals surface area contributed by atoms with E-state index in [1.54, 1.807) is 0 Å². The van der Waals surface area contributed by atoms with Gasteiger partial charge in [-0.05, 0) is 19.1 Å². The topological polar surface area (TPSA) is 26.3 Å². The summed E-state index contributed by atoms with van der Waals surface area (Å²) in [7, 11) is 0. The Morgan fingerprint density at radius 3 is 2.50 bits per heavy atom. The minimum Gasteiger partial charge on any atom is -0.483 e. The third kappa shape index (κ3) is 3.52. The Labute approximate surface area is 88.8 Å². The van der Waals surface area contributed by atoms with E-state index < -0.39 is 30.1 Å². The fourth-order valence-corrected chi connectivity index (χ4v) is 1.07. The summed E-state index contributed by atoms with van der Waals surface area (Å²) >= 11 is 0. The Kier molecular flexibility index (Phi) is 3.51. The van der Waals surface area contributed by atoms with Crippen molar-refractivity contribution in [3.05, 3.63) is 29.6 Å². The number of benzene rings is 1. The van der Waals surface area contributed by atoms with Crippen LogP contribution in [-0.4, -0.2) is 18.6 Å². The van der Waals surface area contributed by atoms with Crippen LogP contribution in [0.1, 0.15) is 17.3 Å².